The van der Waals surface area contributed by atoms with Crippen molar-refractivity contribution in [3.05, 3.63) is 81.9 Å². The summed E-state index contributed by atoms with van der Waals surface area (Å²) in [5, 5.41) is 0. The molecular weight excluding hydrogens is 670 g/mol. The number of carbonyl (C=O) groups excluding carboxylic acids is 4. The van der Waals surface area contributed by atoms with E-state index in [-0.39, 0.29) is 39.9 Å². The van der Waals surface area contributed by atoms with E-state index in [1.165, 1.54) is 14.2 Å². The smallest absolute Gasteiger partial charge is 0.335 e. The molecule has 3 aromatic rings. The van der Waals surface area contributed by atoms with Gasteiger partial charge in [0, 0.05) is 11.1 Å². The van der Waals surface area contributed by atoms with Crippen LogP contribution in [-0.2, 0) is 31.2 Å². The minimum Gasteiger partial charge on any atom is -0.493 e. The summed E-state index contributed by atoms with van der Waals surface area (Å²) in [6.45, 7) is 26.2. The number of amides is 2. The summed E-state index contributed by atoms with van der Waals surface area (Å²) in [5.41, 5.74) is 2.48. The van der Waals surface area contributed by atoms with Gasteiger partial charge in [-0.1, -0.05) is 114 Å². The molecule has 0 aliphatic carbocycles. The molecule has 286 valence electrons. The number of hydrogen-bond acceptors (Lipinski definition) is 8. The summed E-state index contributed by atoms with van der Waals surface area (Å²) < 4.78 is 23.8. The van der Waals surface area contributed by atoms with Gasteiger partial charge in [-0.05, 0) is 63.0 Å². The number of imide groups is 1. The number of benzene rings is 3. The minimum absolute atomic E-state index is 0.172. The molecule has 9 heteroatoms. The summed E-state index contributed by atoms with van der Waals surface area (Å²) in [5.74, 6) is -2.55. The van der Waals surface area contributed by atoms with Crippen molar-refractivity contribution in [3.8, 4) is 23.0 Å². The molecule has 1 heterocycles. The molecule has 53 heavy (non-hydrogen) atoms. The van der Waals surface area contributed by atoms with E-state index in [9.17, 15) is 19.2 Å². The zero-order valence-corrected chi connectivity index (χ0v) is 34.2. The van der Waals surface area contributed by atoms with Crippen LogP contribution in [0.3, 0.4) is 0 Å². The lowest BCUT2D eigenvalue weighted by Gasteiger charge is -2.32. The van der Waals surface area contributed by atoms with Crippen LogP contribution in [0.15, 0.2) is 48.5 Å². The first-order chi connectivity index (χ1) is 24.3. The van der Waals surface area contributed by atoms with Crippen LogP contribution in [0.2, 0.25) is 0 Å². The maximum atomic E-state index is 14.6. The summed E-state index contributed by atoms with van der Waals surface area (Å²) in [7, 11) is 3.02. The van der Waals surface area contributed by atoms with Crippen molar-refractivity contribution in [2.24, 2.45) is 5.92 Å². The third-order valence-electron chi connectivity index (χ3n) is 9.69. The molecule has 0 saturated carbocycles. The van der Waals surface area contributed by atoms with Gasteiger partial charge < -0.3 is 18.9 Å². The Hall–Kier alpha value is -4.66. The maximum Gasteiger partial charge on any atom is 0.335 e. The van der Waals surface area contributed by atoms with E-state index in [1.54, 1.807) is 31.2 Å². The highest BCUT2D eigenvalue weighted by Gasteiger charge is 2.47. The molecule has 0 N–H and O–H groups in total. The highest BCUT2D eigenvalue weighted by atomic mass is 16.6. The molecule has 1 aliphatic heterocycles. The third-order valence-corrected chi connectivity index (χ3v) is 9.69. The van der Waals surface area contributed by atoms with Gasteiger partial charge in [0.1, 0.15) is 6.04 Å². The predicted molar refractivity (Wildman–Crippen MR) is 207 cm³/mol. The van der Waals surface area contributed by atoms with Gasteiger partial charge in [0.05, 0.1) is 31.8 Å². The van der Waals surface area contributed by atoms with Crippen LogP contribution in [0.4, 0.5) is 0 Å². The zero-order valence-electron chi connectivity index (χ0n) is 34.2. The lowest BCUT2D eigenvalue weighted by Crippen LogP contribution is -2.51. The Morgan fingerprint density at radius 2 is 1.02 bits per heavy atom. The Balaban J connectivity index is 1.79. The van der Waals surface area contributed by atoms with Crippen LogP contribution in [0.25, 0.3) is 0 Å². The zero-order chi connectivity index (χ0) is 40.0. The average Bonchev–Trinajstić information content (AvgIpc) is 3.28. The molecule has 2 amide bonds. The second-order valence-electron chi connectivity index (χ2n) is 18.2. The van der Waals surface area contributed by atoms with Gasteiger partial charge >= 0.3 is 11.9 Å². The van der Waals surface area contributed by atoms with Crippen molar-refractivity contribution in [1.82, 2.24) is 4.90 Å². The Bertz CT molecular complexity index is 1880. The van der Waals surface area contributed by atoms with E-state index in [1.807, 2.05) is 65.8 Å². The Morgan fingerprint density at radius 3 is 1.38 bits per heavy atom. The van der Waals surface area contributed by atoms with Gasteiger partial charge in [0.15, 0.2) is 23.0 Å². The van der Waals surface area contributed by atoms with Crippen LogP contribution in [0, 0.1) is 5.92 Å². The molecule has 0 fully saturated rings. The number of nitrogens with zero attached hydrogens (tertiary/aromatic N) is 1. The van der Waals surface area contributed by atoms with Crippen molar-refractivity contribution >= 4 is 23.8 Å². The molecule has 2 atom stereocenters. The number of ether oxygens (including phenoxy) is 4. The molecule has 4 rings (SSSR count). The second-order valence-corrected chi connectivity index (χ2v) is 18.2. The van der Waals surface area contributed by atoms with E-state index < -0.39 is 46.5 Å². The van der Waals surface area contributed by atoms with Crippen molar-refractivity contribution in [1.29, 1.82) is 0 Å². The van der Waals surface area contributed by atoms with Gasteiger partial charge in [-0.25, -0.2) is 4.79 Å². The van der Waals surface area contributed by atoms with Crippen LogP contribution in [-0.4, -0.2) is 48.9 Å². The van der Waals surface area contributed by atoms with Crippen molar-refractivity contribution in [2.45, 2.75) is 124 Å². The quantitative estimate of drug-likeness (QED) is 0.122. The fraction of sp³-hybridized carbons (Fsp3) is 0.500. The molecule has 0 radical (unpaired) electrons. The van der Waals surface area contributed by atoms with Gasteiger partial charge in [0.25, 0.3) is 11.8 Å². The predicted octanol–water partition coefficient (Wildman–Crippen LogP) is 9.10. The van der Waals surface area contributed by atoms with Crippen molar-refractivity contribution < 1.29 is 38.1 Å². The molecule has 3 aromatic carbocycles. The summed E-state index contributed by atoms with van der Waals surface area (Å²) in [4.78, 5) is 57.2. The van der Waals surface area contributed by atoms with Gasteiger partial charge in [-0.2, -0.15) is 0 Å². The lowest BCUT2D eigenvalue weighted by atomic mass is 9.80. The van der Waals surface area contributed by atoms with E-state index in [2.05, 4.69) is 41.5 Å². The summed E-state index contributed by atoms with van der Waals surface area (Å²) in [6.07, 6.45) is -0.326. The van der Waals surface area contributed by atoms with E-state index in [0.717, 1.165) is 21.6 Å². The van der Waals surface area contributed by atoms with Crippen molar-refractivity contribution in [2.75, 3.05) is 14.2 Å². The molecule has 0 saturated heterocycles. The van der Waals surface area contributed by atoms with Crippen LogP contribution in [0.1, 0.15) is 139 Å². The maximum absolute atomic E-state index is 14.6. The topological polar surface area (TPSA) is 108 Å². The van der Waals surface area contributed by atoms with Crippen LogP contribution >= 0.6 is 0 Å². The van der Waals surface area contributed by atoms with E-state index >= 15 is 0 Å². The number of methoxy groups -OCH3 is 2. The number of esters is 2. The molecule has 0 spiro atoms. The minimum atomic E-state index is -1.48. The number of fused-ring (bicyclic) bond motifs is 1. The molecule has 2 unspecified atom stereocenters. The largest absolute Gasteiger partial charge is 0.493 e. The SMILES string of the molecule is COc1cc(C(C)(C)C)cc(C(C)(C)C)c1OC(=O)CC(C)C(C(=O)Oc1c(OC)cc(C(C)(C)C)cc1C(C)(C)C)N1C(=O)c2ccccc2C1=O. The van der Waals surface area contributed by atoms with Crippen LogP contribution in [0.5, 0.6) is 23.0 Å². The molecule has 1 aliphatic rings. The molecule has 9 nitrogen and oxygen atoms in total. The standard InChI is InChI=1S/C44H57NO8/c1-25(20-34(46)52-36-30(43(8,9)10)21-26(41(2,3)4)23-32(36)50-14)35(45-38(47)28-18-16-17-19-29(28)39(45)48)40(49)53-37-31(44(11,12)13)22-27(42(5,6)7)24-33(37)51-15/h16-19,21-25,35H,20H2,1-15H3. The lowest BCUT2D eigenvalue weighted by molar-refractivity contribution is -0.142. The first-order valence-corrected chi connectivity index (χ1v) is 18.2. The first kappa shape index (κ1) is 41.1. The van der Waals surface area contributed by atoms with Gasteiger partial charge in [-0.3, -0.25) is 19.3 Å². The summed E-state index contributed by atoms with van der Waals surface area (Å²) >= 11 is 0. The van der Waals surface area contributed by atoms with Gasteiger partial charge in [-0.15, -0.1) is 0 Å². The van der Waals surface area contributed by atoms with E-state index in [0.29, 0.717) is 17.1 Å². The number of rotatable bonds is 9. The highest BCUT2D eigenvalue weighted by molar-refractivity contribution is 6.22. The number of hydrogen-bond donors (Lipinski definition) is 0. The Labute approximate surface area is 315 Å². The monoisotopic (exact) mass is 727 g/mol. The molecular formula is C44H57NO8. The third kappa shape index (κ3) is 8.61. The number of carbonyl (C=O) groups is 4. The second kappa shape index (κ2) is 14.6. The van der Waals surface area contributed by atoms with E-state index in [4.69, 9.17) is 18.9 Å². The molecule has 0 bridgehead atoms. The fourth-order valence-electron chi connectivity index (χ4n) is 6.44. The Kier molecular flexibility index (Phi) is 11.4. The van der Waals surface area contributed by atoms with Crippen LogP contribution < -0.4 is 18.9 Å². The normalized spacial score (nSPS) is 14.8. The highest BCUT2D eigenvalue weighted by Crippen LogP contribution is 2.45. The van der Waals surface area contributed by atoms with Crippen molar-refractivity contribution in [3.63, 3.8) is 0 Å². The summed E-state index contributed by atoms with van der Waals surface area (Å²) in [6, 6.07) is 12.6. The van der Waals surface area contributed by atoms with Gasteiger partial charge in [0.2, 0.25) is 0 Å². The fourth-order valence-corrected chi connectivity index (χ4v) is 6.44. The Morgan fingerprint density at radius 1 is 0.623 bits per heavy atom. The molecule has 0 aromatic heterocycles. The first-order valence-electron chi connectivity index (χ1n) is 18.2. The average molecular weight is 728 g/mol.